The van der Waals surface area contributed by atoms with E-state index < -0.39 is 5.97 Å². The molecule has 1 N–H and O–H groups in total. The van der Waals surface area contributed by atoms with Gasteiger partial charge in [0, 0.05) is 25.9 Å². The van der Waals surface area contributed by atoms with Crippen LogP contribution in [0.25, 0.3) is 5.65 Å². The summed E-state index contributed by atoms with van der Waals surface area (Å²) in [5.74, 6) is -1.14. The molecule has 1 aliphatic heterocycles. The number of pyridine rings is 1. The summed E-state index contributed by atoms with van der Waals surface area (Å²) >= 11 is 0. The number of carboxylic acid groups (broad SMARTS) is 1. The van der Waals surface area contributed by atoms with Crippen molar-refractivity contribution in [2.75, 3.05) is 19.7 Å². The molecule has 1 aliphatic rings. The standard InChI is InChI=1S/C15H18N4O4/c20-14(21)5-6-18(9-12-2-1-7-23-12)15(22)11-3-4-13-17-16-10-19(13)8-11/h3-4,8,10,12H,1-2,5-7,9H2,(H,20,21)/t12-/m0/s1. The highest BCUT2D eigenvalue weighted by Gasteiger charge is 2.24. The number of hydrogen-bond donors (Lipinski definition) is 1. The Morgan fingerprint density at radius 3 is 3.04 bits per heavy atom. The summed E-state index contributed by atoms with van der Waals surface area (Å²) in [4.78, 5) is 25.1. The summed E-state index contributed by atoms with van der Waals surface area (Å²) in [6.07, 6.45) is 4.92. The Balaban J connectivity index is 1.77. The molecular weight excluding hydrogens is 300 g/mol. The minimum Gasteiger partial charge on any atom is -0.481 e. The molecule has 0 spiro atoms. The number of aromatic nitrogens is 3. The molecule has 8 nitrogen and oxygen atoms in total. The molecule has 0 bridgehead atoms. The monoisotopic (exact) mass is 318 g/mol. The first kappa shape index (κ1) is 15.4. The van der Waals surface area contributed by atoms with E-state index in [4.69, 9.17) is 9.84 Å². The molecule has 0 aromatic carbocycles. The third-order valence-corrected chi connectivity index (χ3v) is 3.87. The summed E-state index contributed by atoms with van der Waals surface area (Å²) in [7, 11) is 0. The maximum Gasteiger partial charge on any atom is 0.305 e. The lowest BCUT2D eigenvalue weighted by atomic mass is 10.2. The van der Waals surface area contributed by atoms with Crippen LogP contribution in [-0.4, -0.2) is 62.3 Å². The number of ether oxygens (including phenoxy) is 1. The molecule has 0 unspecified atom stereocenters. The SMILES string of the molecule is O=C(O)CCN(C[C@@H]1CCCO1)C(=O)c1ccc2nncn2c1. The topological polar surface area (TPSA) is 97.0 Å². The van der Waals surface area contributed by atoms with Gasteiger partial charge in [0.05, 0.1) is 18.1 Å². The van der Waals surface area contributed by atoms with Crippen molar-refractivity contribution in [3.05, 3.63) is 30.2 Å². The Bertz CT molecular complexity index is 708. The molecule has 2 aromatic heterocycles. The summed E-state index contributed by atoms with van der Waals surface area (Å²) in [6.45, 7) is 1.26. The minimum atomic E-state index is -0.926. The van der Waals surface area contributed by atoms with Crippen LogP contribution in [0.4, 0.5) is 0 Å². The van der Waals surface area contributed by atoms with Gasteiger partial charge in [0.25, 0.3) is 5.91 Å². The largest absolute Gasteiger partial charge is 0.481 e. The van der Waals surface area contributed by atoms with Crippen molar-refractivity contribution < 1.29 is 19.4 Å². The molecule has 122 valence electrons. The van der Waals surface area contributed by atoms with E-state index in [-0.39, 0.29) is 25.0 Å². The zero-order valence-corrected chi connectivity index (χ0v) is 12.6. The predicted molar refractivity (Wildman–Crippen MR) is 80.1 cm³/mol. The Kier molecular flexibility index (Phi) is 4.52. The molecule has 1 atom stereocenters. The molecule has 0 radical (unpaired) electrons. The van der Waals surface area contributed by atoms with Crippen LogP contribution in [0.15, 0.2) is 24.7 Å². The van der Waals surface area contributed by atoms with E-state index in [1.165, 1.54) is 6.33 Å². The van der Waals surface area contributed by atoms with Crippen LogP contribution in [0.2, 0.25) is 0 Å². The summed E-state index contributed by atoms with van der Waals surface area (Å²) in [5.41, 5.74) is 1.12. The molecule has 0 aliphatic carbocycles. The van der Waals surface area contributed by atoms with Crippen LogP contribution in [0.3, 0.4) is 0 Å². The summed E-state index contributed by atoms with van der Waals surface area (Å²) < 4.78 is 7.23. The molecule has 1 fully saturated rings. The number of carbonyl (C=O) groups excluding carboxylic acids is 1. The second kappa shape index (κ2) is 6.74. The van der Waals surface area contributed by atoms with Crippen molar-refractivity contribution in [1.82, 2.24) is 19.5 Å². The number of fused-ring (bicyclic) bond motifs is 1. The molecule has 8 heteroatoms. The quantitative estimate of drug-likeness (QED) is 0.847. The first-order chi connectivity index (χ1) is 11.1. The highest BCUT2D eigenvalue weighted by Crippen LogP contribution is 2.16. The Morgan fingerprint density at radius 2 is 2.30 bits per heavy atom. The fourth-order valence-electron chi connectivity index (χ4n) is 2.68. The van der Waals surface area contributed by atoms with E-state index >= 15 is 0 Å². The van der Waals surface area contributed by atoms with E-state index in [0.717, 1.165) is 12.8 Å². The number of aliphatic carboxylic acids is 1. The molecule has 3 heterocycles. The van der Waals surface area contributed by atoms with Crippen molar-refractivity contribution >= 4 is 17.5 Å². The van der Waals surface area contributed by atoms with Gasteiger partial charge in [0.15, 0.2) is 5.65 Å². The average Bonchev–Trinajstić information content (AvgIpc) is 3.20. The Hall–Kier alpha value is -2.48. The smallest absolute Gasteiger partial charge is 0.305 e. The van der Waals surface area contributed by atoms with Crippen LogP contribution in [0.1, 0.15) is 29.6 Å². The van der Waals surface area contributed by atoms with Gasteiger partial charge in [-0.3, -0.25) is 14.0 Å². The molecule has 2 aromatic rings. The number of amides is 1. The van der Waals surface area contributed by atoms with Crippen molar-refractivity contribution in [2.45, 2.75) is 25.4 Å². The van der Waals surface area contributed by atoms with Crippen LogP contribution in [0, 0.1) is 0 Å². The normalized spacial score (nSPS) is 17.5. The highest BCUT2D eigenvalue weighted by atomic mass is 16.5. The van der Waals surface area contributed by atoms with Crippen molar-refractivity contribution in [3.63, 3.8) is 0 Å². The van der Waals surface area contributed by atoms with Gasteiger partial charge in [-0.2, -0.15) is 0 Å². The van der Waals surface area contributed by atoms with Gasteiger partial charge in [0.1, 0.15) is 6.33 Å². The molecular formula is C15H18N4O4. The van der Waals surface area contributed by atoms with Gasteiger partial charge in [-0.05, 0) is 25.0 Å². The van der Waals surface area contributed by atoms with Gasteiger partial charge in [-0.1, -0.05) is 0 Å². The second-order valence-electron chi connectivity index (χ2n) is 5.54. The van der Waals surface area contributed by atoms with Gasteiger partial charge >= 0.3 is 5.97 Å². The summed E-state index contributed by atoms with van der Waals surface area (Å²) in [6, 6.07) is 3.39. The fourth-order valence-corrected chi connectivity index (χ4v) is 2.68. The molecule has 1 saturated heterocycles. The average molecular weight is 318 g/mol. The lowest BCUT2D eigenvalue weighted by Gasteiger charge is -2.25. The van der Waals surface area contributed by atoms with E-state index in [0.29, 0.717) is 24.4 Å². The number of nitrogens with zero attached hydrogens (tertiary/aromatic N) is 4. The van der Waals surface area contributed by atoms with Crippen LogP contribution >= 0.6 is 0 Å². The van der Waals surface area contributed by atoms with Gasteiger partial charge in [-0.15, -0.1) is 10.2 Å². The second-order valence-corrected chi connectivity index (χ2v) is 5.54. The first-order valence-electron chi connectivity index (χ1n) is 7.55. The zero-order valence-electron chi connectivity index (χ0n) is 12.6. The summed E-state index contributed by atoms with van der Waals surface area (Å²) in [5, 5.41) is 16.6. The van der Waals surface area contributed by atoms with E-state index in [9.17, 15) is 9.59 Å². The van der Waals surface area contributed by atoms with Gasteiger partial charge < -0.3 is 14.7 Å². The fraction of sp³-hybridized carbons (Fsp3) is 0.467. The number of carbonyl (C=O) groups is 2. The van der Waals surface area contributed by atoms with Crippen molar-refractivity contribution in [1.29, 1.82) is 0 Å². The molecule has 1 amide bonds. The third kappa shape index (κ3) is 3.65. The Morgan fingerprint density at radius 1 is 1.43 bits per heavy atom. The first-order valence-corrected chi connectivity index (χ1v) is 7.55. The van der Waals surface area contributed by atoms with E-state index in [1.54, 1.807) is 27.6 Å². The Labute approximate surface area is 132 Å². The highest BCUT2D eigenvalue weighted by molar-refractivity contribution is 5.94. The van der Waals surface area contributed by atoms with Crippen LogP contribution in [-0.2, 0) is 9.53 Å². The molecule has 3 rings (SSSR count). The third-order valence-electron chi connectivity index (χ3n) is 3.87. The maximum absolute atomic E-state index is 12.7. The molecule has 0 saturated carbocycles. The maximum atomic E-state index is 12.7. The minimum absolute atomic E-state index is 0.0219. The molecule has 23 heavy (non-hydrogen) atoms. The lowest BCUT2D eigenvalue weighted by Crippen LogP contribution is -2.38. The predicted octanol–water partition coefficient (Wildman–Crippen LogP) is 0.825. The van der Waals surface area contributed by atoms with E-state index in [2.05, 4.69) is 10.2 Å². The van der Waals surface area contributed by atoms with Gasteiger partial charge in [-0.25, -0.2) is 0 Å². The number of carboxylic acids is 1. The van der Waals surface area contributed by atoms with Crippen LogP contribution < -0.4 is 0 Å². The lowest BCUT2D eigenvalue weighted by molar-refractivity contribution is -0.137. The number of hydrogen-bond acceptors (Lipinski definition) is 5. The van der Waals surface area contributed by atoms with E-state index in [1.807, 2.05) is 0 Å². The van der Waals surface area contributed by atoms with Crippen LogP contribution in [0.5, 0.6) is 0 Å². The number of rotatable bonds is 6. The van der Waals surface area contributed by atoms with Crippen molar-refractivity contribution in [3.8, 4) is 0 Å². The van der Waals surface area contributed by atoms with Crippen molar-refractivity contribution in [2.24, 2.45) is 0 Å². The van der Waals surface area contributed by atoms with Gasteiger partial charge in [0.2, 0.25) is 0 Å². The zero-order chi connectivity index (χ0) is 16.2.